The second-order valence-corrected chi connectivity index (χ2v) is 7.25. The lowest BCUT2D eigenvalue weighted by Gasteiger charge is -2.37. The Balaban J connectivity index is 1.65. The summed E-state index contributed by atoms with van der Waals surface area (Å²) < 4.78 is 17.7. The molecule has 7 heteroatoms. The molecule has 0 aliphatic carbocycles. The molecular formula is C21H34N4O3. The second-order valence-electron chi connectivity index (χ2n) is 7.25. The van der Waals surface area contributed by atoms with Crippen molar-refractivity contribution in [3.63, 3.8) is 0 Å². The standard InChI is InChI=1S/C21H34N4O3/c1-3-5-12-28-20-17(8-6-10-23-20)15-24-21(22-4-2)25-11-14-27-19(16-25)18-9-7-13-26-18/h6,8,10,18-19H,3-5,7,9,11-16H2,1-2H3,(H,22,24). The SMILES string of the molecule is CCCCOc1ncccc1CN=C(NCC)N1CCOC(C2CCCO2)C1. The molecule has 2 unspecified atom stereocenters. The quantitative estimate of drug-likeness (QED) is 0.418. The van der Waals surface area contributed by atoms with Crippen LogP contribution in [0.4, 0.5) is 0 Å². The van der Waals surface area contributed by atoms with E-state index in [2.05, 4.69) is 29.0 Å². The smallest absolute Gasteiger partial charge is 0.218 e. The van der Waals surface area contributed by atoms with Crippen molar-refractivity contribution < 1.29 is 14.2 Å². The third-order valence-electron chi connectivity index (χ3n) is 5.09. The molecule has 0 saturated carbocycles. The van der Waals surface area contributed by atoms with E-state index < -0.39 is 0 Å². The summed E-state index contributed by atoms with van der Waals surface area (Å²) in [6.45, 7) is 9.50. The lowest BCUT2D eigenvalue weighted by Crippen LogP contribution is -2.53. The fraction of sp³-hybridized carbons (Fsp3) is 0.714. The molecule has 0 radical (unpaired) electrons. The summed E-state index contributed by atoms with van der Waals surface area (Å²) in [5.74, 6) is 1.60. The molecule has 2 saturated heterocycles. The summed E-state index contributed by atoms with van der Waals surface area (Å²) >= 11 is 0. The lowest BCUT2D eigenvalue weighted by molar-refractivity contribution is -0.0817. The van der Waals surface area contributed by atoms with Gasteiger partial charge in [-0.1, -0.05) is 19.4 Å². The maximum absolute atomic E-state index is 5.98. The number of nitrogens with one attached hydrogen (secondary N) is 1. The highest BCUT2D eigenvalue weighted by atomic mass is 16.5. The van der Waals surface area contributed by atoms with E-state index in [0.29, 0.717) is 25.6 Å². The van der Waals surface area contributed by atoms with E-state index >= 15 is 0 Å². The van der Waals surface area contributed by atoms with Crippen LogP contribution >= 0.6 is 0 Å². The minimum absolute atomic E-state index is 0.117. The van der Waals surface area contributed by atoms with Gasteiger partial charge in [0.25, 0.3) is 0 Å². The fourth-order valence-corrected chi connectivity index (χ4v) is 3.56. The minimum atomic E-state index is 0.117. The van der Waals surface area contributed by atoms with Gasteiger partial charge in [-0.15, -0.1) is 0 Å². The number of ether oxygens (including phenoxy) is 3. The maximum atomic E-state index is 5.98. The first-order chi connectivity index (χ1) is 13.8. The van der Waals surface area contributed by atoms with Gasteiger partial charge in [0.1, 0.15) is 6.10 Å². The van der Waals surface area contributed by atoms with E-state index in [4.69, 9.17) is 19.2 Å². The van der Waals surface area contributed by atoms with Gasteiger partial charge in [0.15, 0.2) is 5.96 Å². The lowest BCUT2D eigenvalue weighted by atomic mass is 10.1. The summed E-state index contributed by atoms with van der Waals surface area (Å²) in [6, 6.07) is 3.97. The molecule has 3 heterocycles. The first-order valence-corrected chi connectivity index (χ1v) is 10.6. The van der Waals surface area contributed by atoms with Crippen molar-refractivity contribution >= 4 is 5.96 Å². The van der Waals surface area contributed by atoms with Crippen molar-refractivity contribution in [3.8, 4) is 5.88 Å². The molecule has 1 aromatic rings. The molecule has 1 N–H and O–H groups in total. The number of hydrogen-bond acceptors (Lipinski definition) is 5. The van der Waals surface area contributed by atoms with Crippen LogP contribution in [0.1, 0.15) is 45.1 Å². The Morgan fingerprint density at radius 3 is 3.00 bits per heavy atom. The Bertz CT molecular complexity index is 619. The first-order valence-electron chi connectivity index (χ1n) is 10.6. The number of aromatic nitrogens is 1. The Labute approximate surface area is 168 Å². The van der Waals surface area contributed by atoms with E-state index in [1.54, 1.807) is 6.20 Å². The Morgan fingerprint density at radius 2 is 2.21 bits per heavy atom. The fourth-order valence-electron chi connectivity index (χ4n) is 3.56. The first kappa shape index (κ1) is 20.9. The van der Waals surface area contributed by atoms with Crippen molar-refractivity contribution in [3.05, 3.63) is 23.9 Å². The number of nitrogens with zero attached hydrogens (tertiary/aromatic N) is 3. The highest BCUT2D eigenvalue weighted by Gasteiger charge is 2.32. The molecule has 7 nitrogen and oxygen atoms in total. The Hall–Kier alpha value is -1.86. The molecule has 28 heavy (non-hydrogen) atoms. The predicted octanol–water partition coefficient (Wildman–Crippen LogP) is 2.61. The maximum Gasteiger partial charge on any atom is 0.218 e. The van der Waals surface area contributed by atoms with Crippen molar-refractivity contribution in [1.82, 2.24) is 15.2 Å². The van der Waals surface area contributed by atoms with Crippen molar-refractivity contribution in [2.24, 2.45) is 4.99 Å². The molecule has 2 aliphatic rings. The van der Waals surface area contributed by atoms with Crippen LogP contribution < -0.4 is 10.1 Å². The molecule has 2 aliphatic heterocycles. The van der Waals surface area contributed by atoms with Crippen LogP contribution in [0.25, 0.3) is 0 Å². The summed E-state index contributed by atoms with van der Waals surface area (Å²) in [5.41, 5.74) is 1.01. The van der Waals surface area contributed by atoms with E-state index in [0.717, 1.165) is 63.4 Å². The van der Waals surface area contributed by atoms with Crippen molar-refractivity contribution in [2.75, 3.05) is 39.5 Å². The average Bonchev–Trinajstić information content (AvgIpc) is 3.27. The van der Waals surface area contributed by atoms with Gasteiger partial charge in [-0.3, -0.25) is 0 Å². The number of guanidine groups is 1. The molecule has 0 amide bonds. The molecule has 2 fully saturated rings. The minimum Gasteiger partial charge on any atom is -0.477 e. The van der Waals surface area contributed by atoms with Crippen molar-refractivity contribution in [2.45, 2.75) is 58.3 Å². The molecule has 2 atom stereocenters. The predicted molar refractivity (Wildman–Crippen MR) is 110 cm³/mol. The molecule has 0 spiro atoms. The number of rotatable bonds is 8. The summed E-state index contributed by atoms with van der Waals surface area (Å²) in [5, 5.41) is 3.42. The van der Waals surface area contributed by atoms with Gasteiger partial charge < -0.3 is 24.4 Å². The van der Waals surface area contributed by atoms with E-state index in [1.165, 1.54) is 0 Å². The number of morpholine rings is 1. The molecule has 3 rings (SSSR count). The zero-order valence-corrected chi connectivity index (χ0v) is 17.2. The second kappa shape index (κ2) is 11.2. The van der Waals surface area contributed by atoms with Gasteiger partial charge in [0, 0.05) is 38.0 Å². The van der Waals surface area contributed by atoms with E-state index in [9.17, 15) is 0 Å². The topological polar surface area (TPSA) is 68.2 Å². The zero-order valence-electron chi connectivity index (χ0n) is 17.2. The van der Waals surface area contributed by atoms with Gasteiger partial charge in [-0.05, 0) is 32.3 Å². The van der Waals surface area contributed by atoms with E-state index in [1.807, 2.05) is 12.1 Å². The van der Waals surface area contributed by atoms with Gasteiger partial charge in [-0.2, -0.15) is 0 Å². The zero-order chi connectivity index (χ0) is 19.6. The highest BCUT2D eigenvalue weighted by Crippen LogP contribution is 2.21. The van der Waals surface area contributed by atoms with Gasteiger partial charge in [-0.25, -0.2) is 9.98 Å². The van der Waals surface area contributed by atoms with Gasteiger partial charge in [0.2, 0.25) is 5.88 Å². The molecule has 0 aromatic carbocycles. The summed E-state index contributed by atoms with van der Waals surface area (Å²) in [6.07, 6.45) is 6.44. The largest absolute Gasteiger partial charge is 0.477 e. The Morgan fingerprint density at radius 1 is 1.32 bits per heavy atom. The van der Waals surface area contributed by atoms with Gasteiger partial charge in [0.05, 0.1) is 25.9 Å². The van der Waals surface area contributed by atoms with Crippen LogP contribution in [-0.4, -0.2) is 67.5 Å². The Kier molecular flexibility index (Phi) is 8.36. The molecule has 156 valence electrons. The molecular weight excluding hydrogens is 356 g/mol. The number of hydrogen-bond donors (Lipinski definition) is 1. The van der Waals surface area contributed by atoms with Crippen LogP contribution in [0.3, 0.4) is 0 Å². The highest BCUT2D eigenvalue weighted by molar-refractivity contribution is 5.80. The molecule has 0 bridgehead atoms. The number of pyridine rings is 1. The third kappa shape index (κ3) is 5.82. The number of aliphatic imine (C=N–C) groups is 1. The normalized spacial score (nSPS) is 23.1. The van der Waals surface area contributed by atoms with Crippen LogP contribution in [-0.2, 0) is 16.0 Å². The van der Waals surface area contributed by atoms with E-state index in [-0.39, 0.29) is 12.2 Å². The van der Waals surface area contributed by atoms with Crippen LogP contribution in [0.15, 0.2) is 23.3 Å². The van der Waals surface area contributed by atoms with Crippen LogP contribution in [0.2, 0.25) is 0 Å². The number of unbranched alkanes of at least 4 members (excludes halogenated alkanes) is 1. The monoisotopic (exact) mass is 390 g/mol. The third-order valence-corrected chi connectivity index (χ3v) is 5.09. The average molecular weight is 391 g/mol. The van der Waals surface area contributed by atoms with Crippen LogP contribution in [0, 0.1) is 0 Å². The van der Waals surface area contributed by atoms with Gasteiger partial charge >= 0.3 is 0 Å². The summed E-state index contributed by atoms with van der Waals surface area (Å²) in [7, 11) is 0. The van der Waals surface area contributed by atoms with Crippen LogP contribution in [0.5, 0.6) is 5.88 Å². The van der Waals surface area contributed by atoms with Crippen molar-refractivity contribution in [1.29, 1.82) is 0 Å². The molecule has 1 aromatic heterocycles. The summed E-state index contributed by atoms with van der Waals surface area (Å²) in [4.78, 5) is 11.5.